The van der Waals surface area contributed by atoms with Crippen LogP contribution in [0.25, 0.3) is 0 Å². The first kappa shape index (κ1) is 19.4. The lowest BCUT2D eigenvalue weighted by Gasteiger charge is -2.35. The predicted octanol–water partition coefficient (Wildman–Crippen LogP) is 3.22. The van der Waals surface area contributed by atoms with E-state index in [0.29, 0.717) is 0 Å². The molecule has 0 radical (unpaired) electrons. The van der Waals surface area contributed by atoms with Gasteiger partial charge < -0.3 is 15.7 Å². The second kappa shape index (κ2) is 11.2. The van der Waals surface area contributed by atoms with Gasteiger partial charge in [-0.3, -0.25) is 0 Å². The highest BCUT2D eigenvalue weighted by Crippen LogP contribution is 2.13. The molecule has 18 heavy (non-hydrogen) atoms. The third kappa shape index (κ3) is 6.74. The summed E-state index contributed by atoms with van der Waals surface area (Å²) in [4.78, 5) is 0. The topological polar surface area (TPSA) is 55.2 Å². The van der Waals surface area contributed by atoms with Gasteiger partial charge in [-0.2, -0.15) is 0 Å². The SMILES string of the molecule is CCO.CC[N+](CC)(CC)Cc1ccccc1.N. The molecule has 0 aliphatic heterocycles. The lowest BCUT2D eigenvalue weighted by molar-refractivity contribution is -0.936. The van der Waals surface area contributed by atoms with E-state index < -0.39 is 0 Å². The molecule has 0 atom stereocenters. The van der Waals surface area contributed by atoms with Gasteiger partial charge in [0.2, 0.25) is 0 Å². The lowest BCUT2D eigenvalue weighted by atomic mass is 10.2. The van der Waals surface area contributed by atoms with Crippen LogP contribution >= 0.6 is 0 Å². The summed E-state index contributed by atoms with van der Waals surface area (Å²) in [5.74, 6) is 0. The standard InChI is InChI=1S/C13H22N.C2H6O.H3N/c1-4-14(5-2,6-3)12-13-10-8-7-9-11-13;1-2-3;/h7-11H,4-6,12H2,1-3H3;3H,2H2,1H3;1H3/q+1;;. The third-order valence-electron chi connectivity index (χ3n) is 3.37. The van der Waals surface area contributed by atoms with E-state index >= 15 is 0 Å². The molecule has 0 fully saturated rings. The van der Waals surface area contributed by atoms with Crippen LogP contribution in [0.1, 0.15) is 33.3 Å². The van der Waals surface area contributed by atoms with Gasteiger partial charge in [0.05, 0.1) is 19.6 Å². The number of benzene rings is 1. The highest BCUT2D eigenvalue weighted by atomic mass is 16.2. The maximum atomic E-state index is 7.57. The average molecular weight is 255 g/mol. The minimum absolute atomic E-state index is 0. The summed E-state index contributed by atoms with van der Waals surface area (Å²) in [6.07, 6.45) is 0. The predicted molar refractivity (Wildman–Crippen MR) is 79.8 cm³/mol. The number of quaternary nitrogens is 1. The van der Waals surface area contributed by atoms with Crippen molar-refractivity contribution in [3.63, 3.8) is 0 Å². The van der Waals surface area contributed by atoms with E-state index in [0.717, 1.165) is 0 Å². The number of hydrogen-bond acceptors (Lipinski definition) is 2. The molecule has 106 valence electrons. The number of aliphatic hydroxyl groups is 1. The Kier molecular flexibility index (Phi) is 12.1. The summed E-state index contributed by atoms with van der Waals surface area (Å²) in [6.45, 7) is 13.6. The van der Waals surface area contributed by atoms with Crippen LogP contribution in [0.2, 0.25) is 0 Å². The van der Waals surface area contributed by atoms with Crippen molar-refractivity contribution in [2.45, 2.75) is 34.2 Å². The quantitative estimate of drug-likeness (QED) is 0.794. The minimum atomic E-state index is 0. The summed E-state index contributed by atoms with van der Waals surface area (Å²) >= 11 is 0. The summed E-state index contributed by atoms with van der Waals surface area (Å²) in [6, 6.07) is 10.8. The molecule has 1 aromatic rings. The summed E-state index contributed by atoms with van der Waals surface area (Å²) in [7, 11) is 0. The van der Waals surface area contributed by atoms with Gasteiger partial charge in [-0.05, 0) is 27.7 Å². The normalized spacial score (nSPS) is 10.1. The van der Waals surface area contributed by atoms with Gasteiger partial charge in [-0.15, -0.1) is 0 Å². The van der Waals surface area contributed by atoms with Crippen LogP contribution < -0.4 is 6.15 Å². The van der Waals surface area contributed by atoms with Crippen molar-refractivity contribution in [3.05, 3.63) is 35.9 Å². The highest BCUT2D eigenvalue weighted by molar-refractivity contribution is 5.13. The summed E-state index contributed by atoms with van der Waals surface area (Å²) < 4.78 is 1.20. The molecule has 3 nitrogen and oxygen atoms in total. The van der Waals surface area contributed by atoms with Crippen LogP contribution in [0.5, 0.6) is 0 Å². The number of hydrogen-bond donors (Lipinski definition) is 2. The molecule has 0 saturated carbocycles. The Balaban J connectivity index is 0. The van der Waals surface area contributed by atoms with Gasteiger partial charge >= 0.3 is 0 Å². The molecule has 0 bridgehead atoms. The van der Waals surface area contributed by atoms with Crippen LogP contribution in [-0.2, 0) is 6.54 Å². The van der Waals surface area contributed by atoms with Crippen molar-refractivity contribution in [3.8, 4) is 0 Å². The monoisotopic (exact) mass is 255 g/mol. The van der Waals surface area contributed by atoms with Crippen molar-refractivity contribution >= 4 is 0 Å². The zero-order chi connectivity index (χ0) is 13.1. The Bertz CT molecular complexity index is 263. The molecule has 0 aromatic heterocycles. The minimum Gasteiger partial charge on any atom is -0.397 e. The van der Waals surface area contributed by atoms with E-state index in [4.69, 9.17) is 5.11 Å². The number of aliphatic hydroxyl groups excluding tert-OH is 1. The van der Waals surface area contributed by atoms with Crippen molar-refractivity contribution in [1.29, 1.82) is 0 Å². The highest BCUT2D eigenvalue weighted by Gasteiger charge is 2.20. The Morgan fingerprint density at radius 3 is 1.61 bits per heavy atom. The molecule has 3 heteroatoms. The average Bonchev–Trinajstić information content (AvgIpc) is 2.38. The fraction of sp³-hybridized carbons (Fsp3) is 0.600. The largest absolute Gasteiger partial charge is 0.397 e. The summed E-state index contributed by atoms with van der Waals surface area (Å²) in [5, 5.41) is 7.57. The Morgan fingerprint density at radius 1 is 0.889 bits per heavy atom. The summed E-state index contributed by atoms with van der Waals surface area (Å²) in [5.41, 5.74) is 1.46. The van der Waals surface area contributed by atoms with Gasteiger partial charge in [0, 0.05) is 12.2 Å². The Labute approximate surface area is 113 Å². The van der Waals surface area contributed by atoms with Crippen molar-refractivity contribution in [1.82, 2.24) is 6.15 Å². The van der Waals surface area contributed by atoms with Gasteiger partial charge in [-0.25, -0.2) is 0 Å². The maximum absolute atomic E-state index is 7.57. The first-order valence-electron chi connectivity index (χ1n) is 6.67. The van der Waals surface area contributed by atoms with Gasteiger partial charge in [0.15, 0.2) is 0 Å². The third-order valence-corrected chi connectivity index (χ3v) is 3.37. The molecule has 0 spiro atoms. The molecule has 1 aromatic carbocycles. The zero-order valence-electron chi connectivity index (χ0n) is 12.5. The maximum Gasteiger partial charge on any atom is 0.104 e. The Hall–Kier alpha value is -0.900. The van der Waals surface area contributed by atoms with Crippen LogP contribution in [0.4, 0.5) is 0 Å². The molecule has 1 rings (SSSR count). The van der Waals surface area contributed by atoms with Crippen molar-refractivity contribution < 1.29 is 9.59 Å². The van der Waals surface area contributed by atoms with E-state index in [-0.39, 0.29) is 12.8 Å². The molecular weight excluding hydrogens is 224 g/mol. The molecule has 0 heterocycles. The lowest BCUT2D eigenvalue weighted by Crippen LogP contribution is -2.46. The Morgan fingerprint density at radius 2 is 1.28 bits per heavy atom. The van der Waals surface area contributed by atoms with Gasteiger partial charge in [0.25, 0.3) is 0 Å². The van der Waals surface area contributed by atoms with Gasteiger partial charge in [0.1, 0.15) is 6.54 Å². The van der Waals surface area contributed by atoms with E-state index in [9.17, 15) is 0 Å². The number of rotatable bonds is 5. The first-order valence-corrected chi connectivity index (χ1v) is 6.67. The van der Waals surface area contributed by atoms with Crippen molar-refractivity contribution in [2.75, 3.05) is 26.2 Å². The second-order valence-electron chi connectivity index (χ2n) is 4.25. The van der Waals surface area contributed by atoms with Crippen LogP contribution in [0, 0.1) is 0 Å². The second-order valence-corrected chi connectivity index (χ2v) is 4.25. The molecule has 0 aliphatic carbocycles. The molecular formula is C15H31N2O+. The van der Waals surface area contributed by atoms with Gasteiger partial charge in [-0.1, -0.05) is 30.3 Å². The molecule has 0 aliphatic rings. The zero-order valence-corrected chi connectivity index (χ0v) is 12.5. The fourth-order valence-electron chi connectivity index (χ4n) is 1.98. The van der Waals surface area contributed by atoms with E-state index in [1.807, 2.05) is 0 Å². The smallest absolute Gasteiger partial charge is 0.104 e. The van der Waals surface area contributed by atoms with Crippen LogP contribution in [-0.4, -0.2) is 35.8 Å². The molecule has 0 unspecified atom stereocenters. The fourth-order valence-corrected chi connectivity index (χ4v) is 1.98. The van der Waals surface area contributed by atoms with E-state index in [1.165, 1.54) is 36.2 Å². The molecule has 4 N–H and O–H groups in total. The first-order chi connectivity index (χ1) is 8.17. The molecule has 0 amide bonds. The van der Waals surface area contributed by atoms with Crippen molar-refractivity contribution in [2.24, 2.45) is 0 Å². The molecule has 0 saturated heterocycles. The number of nitrogens with zero attached hydrogens (tertiary/aromatic N) is 1. The van der Waals surface area contributed by atoms with Crippen LogP contribution in [0.3, 0.4) is 0 Å². The van der Waals surface area contributed by atoms with E-state index in [1.54, 1.807) is 6.92 Å². The van der Waals surface area contributed by atoms with Crippen LogP contribution in [0.15, 0.2) is 30.3 Å². The van der Waals surface area contributed by atoms with E-state index in [2.05, 4.69) is 51.1 Å².